The minimum Gasteiger partial charge on any atom is -0.243 e. The first-order chi connectivity index (χ1) is 8.41. The highest BCUT2D eigenvalue weighted by atomic mass is 35.5. The molecule has 4 nitrogen and oxygen atoms in total. The van der Waals surface area contributed by atoms with E-state index in [9.17, 15) is 8.42 Å². The average molecular weight is 307 g/mol. The number of nitrogens with one attached hydrogen (secondary N) is 1. The fourth-order valence-corrected chi connectivity index (χ4v) is 4.39. The Balaban J connectivity index is 2.05. The SMILES string of the molecule is CC1(CNS(=O)(=O)c2ccc(Cl)nc2)CCCS1. The molecule has 1 unspecified atom stereocenters. The van der Waals surface area contributed by atoms with Crippen molar-refractivity contribution in [1.29, 1.82) is 0 Å². The van der Waals surface area contributed by atoms with Crippen molar-refractivity contribution < 1.29 is 8.42 Å². The first-order valence-corrected chi connectivity index (χ1v) is 8.51. The van der Waals surface area contributed by atoms with Gasteiger partial charge in [-0.2, -0.15) is 11.8 Å². The van der Waals surface area contributed by atoms with E-state index >= 15 is 0 Å². The summed E-state index contributed by atoms with van der Waals surface area (Å²) in [6.07, 6.45) is 3.46. The van der Waals surface area contributed by atoms with Crippen molar-refractivity contribution in [1.82, 2.24) is 9.71 Å². The smallest absolute Gasteiger partial charge is 0.242 e. The van der Waals surface area contributed by atoms with Gasteiger partial charge in [-0.15, -0.1) is 0 Å². The molecule has 0 aliphatic carbocycles. The van der Waals surface area contributed by atoms with Crippen LogP contribution in [0.15, 0.2) is 23.2 Å². The Labute approximate surface area is 117 Å². The molecule has 1 N–H and O–H groups in total. The molecule has 0 amide bonds. The van der Waals surface area contributed by atoms with Crippen LogP contribution in [-0.2, 0) is 10.0 Å². The predicted molar refractivity (Wildman–Crippen MR) is 74.5 cm³/mol. The molecular formula is C11H15ClN2O2S2. The van der Waals surface area contributed by atoms with E-state index < -0.39 is 10.0 Å². The maximum atomic E-state index is 12.0. The fraction of sp³-hybridized carbons (Fsp3) is 0.545. The van der Waals surface area contributed by atoms with Gasteiger partial charge >= 0.3 is 0 Å². The van der Waals surface area contributed by atoms with E-state index in [2.05, 4.69) is 16.6 Å². The van der Waals surface area contributed by atoms with Crippen LogP contribution in [0.4, 0.5) is 0 Å². The minimum absolute atomic E-state index is 0.00687. The second-order valence-electron chi connectivity index (χ2n) is 4.54. The van der Waals surface area contributed by atoms with Gasteiger partial charge in [0.05, 0.1) is 0 Å². The number of halogens is 1. The topological polar surface area (TPSA) is 59.1 Å². The van der Waals surface area contributed by atoms with Crippen molar-refractivity contribution >= 4 is 33.4 Å². The molecule has 18 heavy (non-hydrogen) atoms. The van der Waals surface area contributed by atoms with Crippen LogP contribution >= 0.6 is 23.4 Å². The molecule has 100 valence electrons. The minimum atomic E-state index is -3.49. The lowest BCUT2D eigenvalue weighted by Crippen LogP contribution is -2.36. The van der Waals surface area contributed by atoms with E-state index in [0.717, 1.165) is 18.6 Å². The van der Waals surface area contributed by atoms with Gasteiger partial charge in [-0.1, -0.05) is 11.6 Å². The summed E-state index contributed by atoms with van der Waals surface area (Å²) in [7, 11) is -3.49. The zero-order valence-corrected chi connectivity index (χ0v) is 12.4. The maximum absolute atomic E-state index is 12.0. The number of nitrogens with zero attached hydrogens (tertiary/aromatic N) is 1. The third kappa shape index (κ3) is 3.38. The lowest BCUT2D eigenvalue weighted by atomic mass is 10.1. The summed E-state index contributed by atoms with van der Waals surface area (Å²) in [5, 5.41) is 0.285. The van der Waals surface area contributed by atoms with E-state index in [0.29, 0.717) is 6.54 Å². The van der Waals surface area contributed by atoms with E-state index in [1.54, 1.807) is 0 Å². The normalized spacial score (nSPS) is 24.3. The number of pyridine rings is 1. The predicted octanol–water partition coefficient (Wildman–Crippen LogP) is 2.30. The summed E-state index contributed by atoms with van der Waals surface area (Å²) in [6.45, 7) is 2.54. The van der Waals surface area contributed by atoms with Gasteiger partial charge in [0.1, 0.15) is 10.0 Å². The Kier molecular flexibility index (Phi) is 4.21. The molecule has 0 spiro atoms. The molecule has 7 heteroatoms. The first-order valence-electron chi connectivity index (χ1n) is 5.67. The summed E-state index contributed by atoms with van der Waals surface area (Å²) in [5.74, 6) is 1.10. The fourth-order valence-electron chi connectivity index (χ4n) is 1.83. The Morgan fingerprint density at radius 1 is 1.56 bits per heavy atom. The van der Waals surface area contributed by atoms with Crippen molar-refractivity contribution in [3.63, 3.8) is 0 Å². The molecule has 2 heterocycles. The molecule has 1 aliphatic heterocycles. The van der Waals surface area contributed by atoms with E-state index in [-0.39, 0.29) is 14.8 Å². The van der Waals surface area contributed by atoms with Crippen molar-refractivity contribution in [3.05, 3.63) is 23.5 Å². The van der Waals surface area contributed by atoms with Gasteiger partial charge in [0.2, 0.25) is 10.0 Å². The third-order valence-electron chi connectivity index (χ3n) is 2.95. The van der Waals surface area contributed by atoms with Crippen LogP contribution in [0, 0.1) is 0 Å². The lowest BCUT2D eigenvalue weighted by molar-refractivity contribution is 0.552. The Hall–Kier alpha value is -0.300. The van der Waals surface area contributed by atoms with Crippen LogP contribution in [0.2, 0.25) is 5.15 Å². The van der Waals surface area contributed by atoms with Gasteiger partial charge in [0.25, 0.3) is 0 Å². The van der Waals surface area contributed by atoms with Crippen molar-refractivity contribution in [2.24, 2.45) is 0 Å². The molecule has 0 bridgehead atoms. The molecule has 1 aliphatic rings. The third-order valence-corrected chi connectivity index (χ3v) is 6.10. The molecule has 1 atom stereocenters. The van der Waals surface area contributed by atoms with Crippen LogP contribution in [0.1, 0.15) is 19.8 Å². The van der Waals surface area contributed by atoms with E-state index in [4.69, 9.17) is 11.6 Å². The number of hydrogen-bond acceptors (Lipinski definition) is 4. The van der Waals surface area contributed by atoms with Gasteiger partial charge in [0, 0.05) is 17.5 Å². The Morgan fingerprint density at radius 2 is 2.33 bits per heavy atom. The molecule has 2 rings (SSSR count). The summed E-state index contributed by atoms with van der Waals surface area (Å²) in [6, 6.07) is 2.93. The quantitative estimate of drug-likeness (QED) is 0.867. The molecule has 0 aromatic carbocycles. The molecule has 1 aromatic rings. The summed E-state index contributed by atoms with van der Waals surface area (Å²) >= 11 is 7.45. The Bertz CT molecular complexity index is 510. The number of rotatable bonds is 4. The molecule has 1 aromatic heterocycles. The second kappa shape index (κ2) is 5.36. The highest BCUT2D eigenvalue weighted by molar-refractivity contribution is 8.01. The summed E-state index contributed by atoms with van der Waals surface area (Å²) in [4.78, 5) is 3.93. The van der Waals surface area contributed by atoms with E-state index in [1.165, 1.54) is 18.3 Å². The average Bonchev–Trinajstić information content (AvgIpc) is 2.75. The first kappa shape index (κ1) is 14.1. The van der Waals surface area contributed by atoms with E-state index in [1.807, 2.05) is 11.8 Å². The standard InChI is InChI=1S/C11H15ClN2O2S2/c1-11(5-2-6-17-11)8-14-18(15,16)9-3-4-10(12)13-7-9/h3-4,7,14H,2,5-6,8H2,1H3. The molecule has 1 fully saturated rings. The van der Waals surface area contributed by atoms with Crippen LogP contribution < -0.4 is 4.72 Å². The summed E-state index contributed by atoms with van der Waals surface area (Å²) in [5.41, 5.74) is 0. The highest BCUT2D eigenvalue weighted by Crippen LogP contribution is 2.37. The maximum Gasteiger partial charge on any atom is 0.242 e. The number of hydrogen-bond donors (Lipinski definition) is 1. The Morgan fingerprint density at radius 3 is 2.89 bits per heavy atom. The van der Waals surface area contributed by atoms with Gasteiger partial charge < -0.3 is 0 Å². The van der Waals surface area contributed by atoms with Crippen molar-refractivity contribution in [2.75, 3.05) is 12.3 Å². The summed E-state index contributed by atoms with van der Waals surface area (Å²) < 4.78 is 26.7. The van der Waals surface area contributed by atoms with Crippen molar-refractivity contribution in [2.45, 2.75) is 29.4 Å². The number of aromatic nitrogens is 1. The largest absolute Gasteiger partial charge is 0.243 e. The van der Waals surface area contributed by atoms with Crippen LogP contribution in [0.5, 0.6) is 0 Å². The zero-order valence-electron chi connectivity index (χ0n) is 10.0. The number of thioether (sulfide) groups is 1. The molecular weight excluding hydrogens is 292 g/mol. The zero-order chi connectivity index (χ0) is 13.2. The highest BCUT2D eigenvalue weighted by Gasteiger charge is 2.31. The van der Waals surface area contributed by atoms with Gasteiger partial charge in [-0.3, -0.25) is 0 Å². The molecule has 0 radical (unpaired) electrons. The monoisotopic (exact) mass is 306 g/mol. The molecule has 0 saturated carbocycles. The van der Waals surface area contributed by atoms with Crippen LogP contribution in [0.25, 0.3) is 0 Å². The van der Waals surface area contributed by atoms with Gasteiger partial charge in [0.15, 0.2) is 0 Å². The van der Waals surface area contributed by atoms with Gasteiger partial charge in [-0.25, -0.2) is 18.1 Å². The molecule has 1 saturated heterocycles. The van der Waals surface area contributed by atoms with Crippen molar-refractivity contribution in [3.8, 4) is 0 Å². The lowest BCUT2D eigenvalue weighted by Gasteiger charge is -2.22. The second-order valence-corrected chi connectivity index (χ2v) is 8.38. The van der Waals surface area contributed by atoms with Crippen LogP contribution in [0.3, 0.4) is 0 Å². The number of sulfonamides is 1. The van der Waals surface area contributed by atoms with Crippen LogP contribution in [-0.4, -0.2) is 30.4 Å². The van der Waals surface area contributed by atoms with Gasteiger partial charge in [-0.05, 0) is 37.7 Å².